The van der Waals surface area contributed by atoms with E-state index in [1.807, 2.05) is 12.3 Å². The highest BCUT2D eigenvalue weighted by Gasteiger charge is 2.55. The number of carbonyl (C=O) groups excluding carboxylic acids is 1. The molecule has 0 spiro atoms. The number of fused-ring (bicyclic) bond motifs is 1. The van der Waals surface area contributed by atoms with Gasteiger partial charge in [-0.3, -0.25) is 4.79 Å². The molecule has 0 radical (unpaired) electrons. The maximum absolute atomic E-state index is 11.6. The lowest BCUT2D eigenvalue weighted by Gasteiger charge is -2.59. The molecule has 0 N–H and O–H groups in total. The van der Waals surface area contributed by atoms with E-state index >= 15 is 0 Å². The second-order valence-corrected chi connectivity index (χ2v) is 9.03. The molecule has 0 saturated heterocycles. The molecule has 1 aromatic rings. The molecule has 2 aliphatic carbocycles. The minimum atomic E-state index is -0.197. The molecular weight excluding hydrogens is 312 g/mol. The van der Waals surface area contributed by atoms with Crippen molar-refractivity contribution in [2.24, 2.45) is 22.7 Å². The first-order valence-electron chi connectivity index (χ1n) is 9.61. The van der Waals surface area contributed by atoms with E-state index in [1.165, 1.54) is 31.7 Å². The van der Waals surface area contributed by atoms with Crippen LogP contribution in [-0.4, -0.2) is 12.1 Å². The van der Waals surface area contributed by atoms with Crippen molar-refractivity contribution in [2.45, 2.75) is 72.3 Å². The number of rotatable bonds is 4. The Balaban J connectivity index is 1.89. The van der Waals surface area contributed by atoms with Crippen molar-refractivity contribution in [3.05, 3.63) is 36.3 Å². The van der Waals surface area contributed by atoms with Gasteiger partial charge in [0.15, 0.2) is 0 Å². The van der Waals surface area contributed by atoms with Crippen LogP contribution in [-0.2, 0) is 16.0 Å². The molecule has 3 heteroatoms. The van der Waals surface area contributed by atoms with Crippen LogP contribution in [0.2, 0.25) is 0 Å². The summed E-state index contributed by atoms with van der Waals surface area (Å²) in [6.45, 7) is 13.2. The number of ether oxygens (including phenoxy) is 1. The molecule has 0 amide bonds. The fourth-order valence-electron chi connectivity index (χ4n) is 5.77. The third kappa shape index (κ3) is 3.43. The highest BCUT2D eigenvalue weighted by Crippen LogP contribution is 2.62. The summed E-state index contributed by atoms with van der Waals surface area (Å²) in [7, 11) is 0. The quantitative estimate of drug-likeness (QED) is 0.531. The van der Waals surface area contributed by atoms with Gasteiger partial charge in [0.1, 0.15) is 6.10 Å². The largest absolute Gasteiger partial charge is 0.472 e. The van der Waals surface area contributed by atoms with Gasteiger partial charge in [-0.1, -0.05) is 33.8 Å². The molecule has 3 rings (SSSR count). The molecule has 3 nitrogen and oxygen atoms in total. The molecule has 138 valence electrons. The lowest BCUT2D eigenvalue weighted by Crippen LogP contribution is -2.53. The normalized spacial score (nSPS) is 34.4. The maximum Gasteiger partial charge on any atom is 0.303 e. The predicted octanol–water partition coefficient (Wildman–Crippen LogP) is 5.55. The second-order valence-electron chi connectivity index (χ2n) is 9.03. The van der Waals surface area contributed by atoms with Crippen LogP contribution >= 0.6 is 0 Å². The molecule has 1 aromatic heterocycles. The molecule has 1 heterocycles. The zero-order valence-corrected chi connectivity index (χ0v) is 16.1. The second kappa shape index (κ2) is 6.66. The van der Waals surface area contributed by atoms with Gasteiger partial charge in [0.2, 0.25) is 0 Å². The first-order valence-corrected chi connectivity index (χ1v) is 9.61. The zero-order chi connectivity index (χ0) is 18.2. The van der Waals surface area contributed by atoms with Gasteiger partial charge in [-0.2, -0.15) is 0 Å². The maximum atomic E-state index is 11.6. The fourth-order valence-corrected chi connectivity index (χ4v) is 5.77. The van der Waals surface area contributed by atoms with Crippen molar-refractivity contribution in [2.75, 3.05) is 0 Å². The molecule has 0 aliphatic heterocycles. The summed E-state index contributed by atoms with van der Waals surface area (Å²) in [5.41, 5.74) is 2.87. The molecular formula is C22H32O3. The van der Waals surface area contributed by atoms with Crippen LogP contribution in [0.3, 0.4) is 0 Å². The van der Waals surface area contributed by atoms with Crippen LogP contribution in [0.4, 0.5) is 0 Å². The van der Waals surface area contributed by atoms with E-state index in [4.69, 9.17) is 9.15 Å². The van der Waals surface area contributed by atoms with E-state index in [1.54, 1.807) is 6.26 Å². The smallest absolute Gasteiger partial charge is 0.303 e. The van der Waals surface area contributed by atoms with Crippen LogP contribution in [0.15, 0.2) is 35.2 Å². The van der Waals surface area contributed by atoms with Crippen molar-refractivity contribution in [1.82, 2.24) is 0 Å². The summed E-state index contributed by atoms with van der Waals surface area (Å²) >= 11 is 0. The fraction of sp³-hybridized carbons (Fsp3) is 0.682. The van der Waals surface area contributed by atoms with Gasteiger partial charge in [0, 0.05) is 6.92 Å². The average molecular weight is 344 g/mol. The average Bonchev–Trinajstić information content (AvgIpc) is 3.01. The van der Waals surface area contributed by atoms with Gasteiger partial charge in [0.05, 0.1) is 12.5 Å². The first-order chi connectivity index (χ1) is 11.7. The van der Waals surface area contributed by atoms with E-state index in [2.05, 4.69) is 27.4 Å². The Morgan fingerprint density at radius 3 is 2.76 bits per heavy atom. The third-order valence-corrected chi connectivity index (χ3v) is 6.99. The van der Waals surface area contributed by atoms with Crippen LogP contribution in [0.5, 0.6) is 0 Å². The van der Waals surface area contributed by atoms with E-state index in [0.29, 0.717) is 11.8 Å². The van der Waals surface area contributed by atoms with Gasteiger partial charge in [0.25, 0.3) is 0 Å². The molecule has 4 atom stereocenters. The Kier molecular flexibility index (Phi) is 4.87. The zero-order valence-electron chi connectivity index (χ0n) is 16.1. The van der Waals surface area contributed by atoms with Gasteiger partial charge in [-0.15, -0.1) is 0 Å². The van der Waals surface area contributed by atoms with Crippen molar-refractivity contribution in [3.8, 4) is 0 Å². The van der Waals surface area contributed by atoms with E-state index in [-0.39, 0.29) is 22.9 Å². The third-order valence-electron chi connectivity index (χ3n) is 6.99. The van der Waals surface area contributed by atoms with Crippen molar-refractivity contribution < 1.29 is 13.9 Å². The number of carbonyl (C=O) groups is 1. The Morgan fingerprint density at radius 2 is 2.12 bits per heavy atom. The summed E-state index contributed by atoms with van der Waals surface area (Å²) in [5, 5.41) is 0. The van der Waals surface area contributed by atoms with E-state index < -0.39 is 0 Å². The summed E-state index contributed by atoms with van der Waals surface area (Å²) in [4.78, 5) is 11.6. The van der Waals surface area contributed by atoms with Crippen LogP contribution in [0.1, 0.15) is 65.4 Å². The lowest BCUT2D eigenvalue weighted by atomic mass is 9.46. The van der Waals surface area contributed by atoms with Gasteiger partial charge >= 0.3 is 5.97 Å². The van der Waals surface area contributed by atoms with Crippen molar-refractivity contribution in [3.63, 3.8) is 0 Å². The van der Waals surface area contributed by atoms with Crippen LogP contribution in [0.25, 0.3) is 0 Å². The van der Waals surface area contributed by atoms with Gasteiger partial charge in [-0.25, -0.2) is 0 Å². The predicted molar refractivity (Wildman–Crippen MR) is 99.1 cm³/mol. The molecule has 2 fully saturated rings. The van der Waals surface area contributed by atoms with Crippen LogP contribution in [0, 0.1) is 22.7 Å². The Labute approximate surface area is 151 Å². The molecule has 25 heavy (non-hydrogen) atoms. The van der Waals surface area contributed by atoms with Crippen molar-refractivity contribution >= 4 is 5.97 Å². The minimum Gasteiger partial charge on any atom is -0.472 e. The molecule has 2 saturated carbocycles. The number of furan rings is 1. The first kappa shape index (κ1) is 18.3. The summed E-state index contributed by atoms with van der Waals surface area (Å²) in [5.74, 6) is 0.736. The van der Waals surface area contributed by atoms with Gasteiger partial charge in [-0.05, 0) is 72.0 Å². The van der Waals surface area contributed by atoms with E-state index in [0.717, 1.165) is 24.8 Å². The van der Waals surface area contributed by atoms with Crippen molar-refractivity contribution in [1.29, 1.82) is 0 Å². The summed E-state index contributed by atoms with van der Waals surface area (Å²) in [6, 6.07) is 2.04. The number of aryl methyl sites for hydroxylation is 1. The summed E-state index contributed by atoms with van der Waals surface area (Å²) < 4.78 is 10.9. The standard InChI is InChI=1S/C22H32O3/c1-15-18(8-7-17-9-12-24-14-17)22(5)11-6-10-21(3,4)20(22)13-19(15)25-16(2)23/h9,12,14,18-20H,1,6-8,10-11,13H2,2-5H3. The van der Waals surface area contributed by atoms with Gasteiger partial charge < -0.3 is 9.15 Å². The number of hydrogen-bond donors (Lipinski definition) is 0. The highest BCUT2D eigenvalue weighted by atomic mass is 16.5. The van der Waals surface area contributed by atoms with E-state index in [9.17, 15) is 4.79 Å². The Hall–Kier alpha value is -1.51. The molecule has 4 unspecified atom stereocenters. The SMILES string of the molecule is C=C1C(OC(C)=O)CC2C(C)(C)CCCC2(C)C1CCc1ccoc1. The molecule has 0 aromatic carbocycles. The lowest BCUT2D eigenvalue weighted by molar-refractivity contribution is -0.153. The molecule has 0 bridgehead atoms. The number of esters is 1. The topological polar surface area (TPSA) is 39.4 Å². The highest BCUT2D eigenvalue weighted by molar-refractivity contribution is 5.66. The molecule has 2 aliphatic rings. The Morgan fingerprint density at radius 1 is 1.36 bits per heavy atom. The monoisotopic (exact) mass is 344 g/mol. The minimum absolute atomic E-state index is 0.137. The number of hydrogen-bond acceptors (Lipinski definition) is 3. The summed E-state index contributed by atoms with van der Waals surface area (Å²) in [6.07, 6.45) is 10.1. The Bertz CT molecular complexity index is 628. The van der Waals surface area contributed by atoms with Crippen LogP contribution < -0.4 is 0 Å².